The highest BCUT2D eigenvalue weighted by Gasteiger charge is 2.14. The van der Waals surface area contributed by atoms with Gasteiger partial charge in [0.1, 0.15) is 11.4 Å². The van der Waals surface area contributed by atoms with Crippen molar-refractivity contribution in [2.45, 2.75) is 39.2 Å². The van der Waals surface area contributed by atoms with E-state index in [4.69, 9.17) is 9.47 Å². The molecule has 0 atom stereocenters. The van der Waals surface area contributed by atoms with Gasteiger partial charge in [-0.25, -0.2) is 9.97 Å². The van der Waals surface area contributed by atoms with Gasteiger partial charge >= 0.3 is 0 Å². The molecule has 150 valence electrons. The van der Waals surface area contributed by atoms with E-state index in [0.29, 0.717) is 24.5 Å². The molecule has 2 aromatic rings. The SMILES string of the molecule is CC(C)(C)Oc1cccc(CCC(=O)Nc2ccc(N3CCOCC3)cn2)n1. The first-order chi connectivity index (χ1) is 13.4. The van der Waals surface area contributed by atoms with Crippen molar-refractivity contribution in [3.8, 4) is 5.88 Å². The van der Waals surface area contributed by atoms with Crippen LogP contribution in [0.5, 0.6) is 5.88 Å². The van der Waals surface area contributed by atoms with Crippen LogP contribution < -0.4 is 15.0 Å². The van der Waals surface area contributed by atoms with Crippen LogP contribution in [0.1, 0.15) is 32.9 Å². The maximum atomic E-state index is 12.2. The Kier molecular flexibility index (Phi) is 6.46. The number of carbonyl (C=O) groups excluding carboxylic acids is 1. The van der Waals surface area contributed by atoms with Gasteiger partial charge in [-0.3, -0.25) is 4.79 Å². The number of aryl methyl sites for hydroxylation is 1. The molecule has 7 heteroatoms. The first-order valence-electron chi connectivity index (χ1n) is 9.63. The van der Waals surface area contributed by atoms with Crippen LogP contribution in [0.3, 0.4) is 0 Å². The molecule has 7 nitrogen and oxygen atoms in total. The summed E-state index contributed by atoms with van der Waals surface area (Å²) >= 11 is 0. The highest BCUT2D eigenvalue weighted by Crippen LogP contribution is 2.18. The number of hydrogen-bond acceptors (Lipinski definition) is 6. The van der Waals surface area contributed by atoms with Gasteiger partial charge < -0.3 is 19.7 Å². The molecule has 1 fully saturated rings. The summed E-state index contributed by atoms with van der Waals surface area (Å²) in [5, 5.41) is 2.84. The van der Waals surface area contributed by atoms with Gasteiger partial charge in [0.05, 0.1) is 25.1 Å². The van der Waals surface area contributed by atoms with Gasteiger partial charge in [-0.05, 0) is 45.4 Å². The number of carbonyl (C=O) groups is 1. The molecule has 0 bridgehead atoms. The van der Waals surface area contributed by atoms with E-state index in [1.807, 2.05) is 51.1 Å². The lowest BCUT2D eigenvalue weighted by atomic mass is 10.2. The van der Waals surface area contributed by atoms with E-state index in [1.54, 1.807) is 6.20 Å². The first kappa shape index (κ1) is 20.1. The standard InChI is InChI=1S/C21H28N4O3/c1-21(2,3)28-20-6-4-5-16(23-20)7-10-19(26)24-18-9-8-17(15-22-18)25-11-13-27-14-12-25/h4-6,8-9,15H,7,10-14H2,1-3H3,(H,22,24,26). The number of amides is 1. The molecular formula is C21H28N4O3. The Morgan fingerprint density at radius 3 is 2.68 bits per heavy atom. The summed E-state index contributed by atoms with van der Waals surface area (Å²) in [6.45, 7) is 9.12. The van der Waals surface area contributed by atoms with Crippen molar-refractivity contribution in [2.75, 3.05) is 36.5 Å². The predicted molar refractivity (Wildman–Crippen MR) is 109 cm³/mol. The third-order valence-corrected chi connectivity index (χ3v) is 4.19. The zero-order valence-electron chi connectivity index (χ0n) is 16.8. The largest absolute Gasteiger partial charge is 0.472 e. The topological polar surface area (TPSA) is 76.6 Å². The minimum Gasteiger partial charge on any atom is -0.472 e. The lowest BCUT2D eigenvalue weighted by Crippen LogP contribution is -2.36. The Morgan fingerprint density at radius 2 is 2.00 bits per heavy atom. The monoisotopic (exact) mass is 384 g/mol. The summed E-state index contributed by atoms with van der Waals surface area (Å²) in [7, 11) is 0. The molecule has 0 saturated carbocycles. The van der Waals surface area contributed by atoms with Crippen LogP contribution in [-0.2, 0) is 16.0 Å². The van der Waals surface area contributed by atoms with Gasteiger partial charge in [0, 0.05) is 31.3 Å². The van der Waals surface area contributed by atoms with Gasteiger partial charge in [0.25, 0.3) is 0 Å². The second-order valence-corrected chi connectivity index (χ2v) is 7.73. The average Bonchev–Trinajstić information content (AvgIpc) is 2.67. The van der Waals surface area contributed by atoms with Gasteiger partial charge in [0.2, 0.25) is 11.8 Å². The Bertz CT molecular complexity index is 781. The fraction of sp³-hybridized carbons (Fsp3) is 0.476. The molecule has 0 aromatic carbocycles. The summed E-state index contributed by atoms with van der Waals surface area (Å²) in [6.07, 6.45) is 2.66. The second-order valence-electron chi connectivity index (χ2n) is 7.73. The van der Waals surface area contributed by atoms with Crippen molar-refractivity contribution in [1.29, 1.82) is 0 Å². The molecule has 1 aliphatic rings. The highest BCUT2D eigenvalue weighted by atomic mass is 16.5. The van der Waals surface area contributed by atoms with E-state index in [1.165, 1.54) is 0 Å². The molecule has 3 heterocycles. The van der Waals surface area contributed by atoms with Gasteiger partial charge in [-0.2, -0.15) is 0 Å². The van der Waals surface area contributed by atoms with Crippen molar-refractivity contribution in [2.24, 2.45) is 0 Å². The maximum Gasteiger partial charge on any atom is 0.225 e. The minimum atomic E-state index is -0.304. The van der Waals surface area contributed by atoms with E-state index in [-0.39, 0.29) is 11.5 Å². The number of ether oxygens (including phenoxy) is 2. The van der Waals surface area contributed by atoms with Gasteiger partial charge in [-0.1, -0.05) is 6.07 Å². The van der Waals surface area contributed by atoms with Gasteiger partial charge in [0.15, 0.2) is 0 Å². The third kappa shape index (κ3) is 6.20. The van der Waals surface area contributed by atoms with Crippen LogP contribution in [0.4, 0.5) is 11.5 Å². The molecule has 0 radical (unpaired) electrons. The molecule has 0 aliphatic carbocycles. The van der Waals surface area contributed by atoms with Crippen LogP contribution in [0.25, 0.3) is 0 Å². The molecular weight excluding hydrogens is 356 g/mol. The summed E-state index contributed by atoms with van der Waals surface area (Å²) in [4.78, 5) is 23.3. The van der Waals surface area contributed by atoms with Crippen LogP contribution in [0.15, 0.2) is 36.5 Å². The normalized spacial score (nSPS) is 14.6. The zero-order chi connectivity index (χ0) is 20.0. The third-order valence-electron chi connectivity index (χ3n) is 4.19. The molecule has 1 N–H and O–H groups in total. The summed E-state index contributed by atoms with van der Waals surface area (Å²) in [5.74, 6) is 1.04. The Balaban J connectivity index is 1.49. The molecule has 1 amide bonds. The number of hydrogen-bond donors (Lipinski definition) is 1. The smallest absolute Gasteiger partial charge is 0.225 e. The number of pyridine rings is 2. The van der Waals surface area contributed by atoms with Crippen molar-refractivity contribution in [3.05, 3.63) is 42.2 Å². The van der Waals surface area contributed by atoms with E-state index in [0.717, 1.165) is 37.7 Å². The first-order valence-corrected chi connectivity index (χ1v) is 9.63. The van der Waals surface area contributed by atoms with Crippen molar-refractivity contribution in [3.63, 3.8) is 0 Å². The molecule has 3 rings (SSSR count). The lowest BCUT2D eigenvalue weighted by molar-refractivity contribution is -0.116. The Morgan fingerprint density at radius 1 is 1.21 bits per heavy atom. The van der Waals surface area contributed by atoms with Gasteiger partial charge in [-0.15, -0.1) is 0 Å². The van der Waals surface area contributed by atoms with Crippen LogP contribution in [0, 0.1) is 0 Å². The fourth-order valence-electron chi connectivity index (χ4n) is 2.88. The second kappa shape index (κ2) is 9.01. The van der Waals surface area contributed by atoms with E-state index in [2.05, 4.69) is 20.2 Å². The minimum absolute atomic E-state index is 0.0874. The average molecular weight is 384 g/mol. The summed E-state index contributed by atoms with van der Waals surface area (Å²) < 4.78 is 11.1. The van der Waals surface area contributed by atoms with E-state index >= 15 is 0 Å². The number of anilines is 2. The molecule has 28 heavy (non-hydrogen) atoms. The number of aromatic nitrogens is 2. The lowest BCUT2D eigenvalue weighted by Gasteiger charge is -2.28. The predicted octanol–water partition coefficient (Wildman–Crippen LogP) is 3.06. The molecule has 0 spiro atoms. The van der Waals surface area contributed by atoms with Crippen LogP contribution in [-0.4, -0.2) is 47.8 Å². The summed E-state index contributed by atoms with van der Waals surface area (Å²) in [5.41, 5.74) is 1.57. The Hall–Kier alpha value is -2.67. The Labute approximate surface area is 166 Å². The van der Waals surface area contributed by atoms with E-state index < -0.39 is 0 Å². The van der Waals surface area contributed by atoms with Crippen LogP contribution >= 0.6 is 0 Å². The fourth-order valence-corrected chi connectivity index (χ4v) is 2.88. The number of rotatable bonds is 6. The van der Waals surface area contributed by atoms with E-state index in [9.17, 15) is 4.79 Å². The molecule has 1 saturated heterocycles. The van der Waals surface area contributed by atoms with Crippen molar-refractivity contribution < 1.29 is 14.3 Å². The quantitative estimate of drug-likeness (QED) is 0.825. The molecule has 2 aromatic heterocycles. The maximum absolute atomic E-state index is 12.2. The van der Waals surface area contributed by atoms with Crippen molar-refractivity contribution in [1.82, 2.24) is 9.97 Å². The zero-order valence-corrected chi connectivity index (χ0v) is 16.8. The number of nitrogens with zero attached hydrogens (tertiary/aromatic N) is 3. The molecule has 0 unspecified atom stereocenters. The number of morpholine rings is 1. The summed E-state index contributed by atoms with van der Waals surface area (Å²) in [6, 6.07) is 9.43. The van der Waals surface area contributed by atoms with Crippen molar-refractivity contribution >= 4 is 17.4 Å². The highest BCUT2D eigenvalue weighted by molar-refractivity contribution is 5.89. The molecule has 1 aliphatic heterocycles. The number of nitrogens with one attached hydrogen (secondary N) is 1. The van der Waals surface area contributed by atoms with Crippen LogP contribution in [0.2, 0.25) is 0 Å².